The number of nitrogens with one attached hydrogen (secondary N) is 1. The summed E-state index contributed by atoms with van der Waals surface area (Å²) in [6.07, 6.45) is 0. The molecule has 0 aliphatic carbocycles. The van der Waals surface area contributed by atoms with Gasteiger partial charge in [-0.2, -0.15) is 4.98 Å². The summed E-state index contributed by atoms with van der Waals surface area (Å²) in [4.78, 5) is 14.9. The monoisotopic (exact) mass is 312 g/mol. The van der Waals surface area contributed by atoms with E-state index >= 15 is 0 Å². The van der Waals surface area contributed by atoms with Gasteiger partial charge in [-0.1, -0.05) is 5.16 Å². The molecular formula is C11H12N4O5S. The van der Waals surface area contributed by atoms with Crippen molar-refractivity contribution in [3.05, 3.63) is 29.6 Å². The van der Waals surface area contributed by atoms with E-state index in [1.165, 1.54) is 25.3 Å². The molecular weight excluding hydrogens is 300 g/mol. The SMILES string of the molecule is COC(=O)c1ccc(S(=O)(=O)Nc2nc(C)no2)c(N)c1. The molecule has 3 N–H and O–H groups in total. The predicted octanol–water partition coefficient (Wildman–Crippen LogP) is 0.548. The highest BCUT2D eigenvalue weighted by atomic mass is 32.2. The Kier molecular flexibility index (Phi) is 3.80. The third-order valence-electron chi connectivity index (χ3n) is 2.47. The Morgan fingerprint density at radius 3 is 2.67 bits per heavy atom. The van der Waals surface area contributed by atoms with Crippen LogP contribution in [0.3, 0.4) is 0 Å². The number of esters is 1. The zero-order chi connectivity index (χ0) is 15.6. The number of hydrogen-bond acceptors (Lipinski definition) is 8. The normalized spacial score (nSPS) is 11.1. The average molecular weight is 312 g/mol. The van der Waals surface area contributed by atoms with Crippen LogP contribution in [0.4, 0.5) is 11.7 Å². The summed E-state index contributed by atoms with van der Waals surface area (Å²) in [6, 6.07) is 3.41. The van der Waals surface area contributed by atoms with Crippen molar-refractivity contribution < 1.29 is 22.5 Å². The van der Waals surface area contributed by atoms with Gasteiger partial charge in [0.2, 0.25) is 0 Å². The van der Waals surface area contributed by atoms with Crippen molar-refractivity contribution >= 4 is 27.7 Å². The first kappa shape index (κ1) is 14.8. The first-order valence-corrected chi connectivity index (χ1v) is 7.13. The average Bonchev–Trinajstić information content (AvgIpc) is 2.81. The van der Waals surface area contributed by atoms with Crippen LogP contribution < -0.4 is 10.5 Å². The van der Waals surface area contributed by atoms with E-state index in [-0.39, 0.29) is 28.0 Å². The van der Waals surface area contributed by atoms with E-state index in [0.29, 0.717) is 0 Å². The molecule has 0 aliphatic rings. The molecule has 0 saturated carbocycles. The molecule has 1 heterocycles. The summed E-state index contributed by atoms with van der Waals surface area (Å²) >= 11 is 0. The highest BCUT2D eigenvalue weighted by Crippen LogP contribution is 2.22. The minimum absolute atomic E-state index is 0.110. The van der Waals surface area contributed by atoms with Crippen LogP contribution in [-0.4, -0.2) is 31.6 Å². The van der Waals surface area contributed by atoms with Crippen LogP contribution in [0, 0.1) is 6.92 Å². The van der Waals surface area contributed by atoms with Gasteiger partial charge in [-0.05, 0) is 25.1 Å². The number of rotatable bonds is 4. The second-order valence-corrected chi connectivity index (χ2v) is 5.65. The number of sulfonamides is 1. The fourth-order valence-corrected chi connectivity index (χ4v) is 2.59. The summed E-state index contributed by atoms with van der Waals surface area (Å²) < 4.78 is 35.6. The first-order valence-electron chi connectivity index (χ1n) is 5.64. The van der Waals surface area contributed by atoms with Crippen molar-refractivity contribution in [3.63, 3.8) is 0 Å². The molecule has 112 valence electrons. The van der Waals surface area contributed by atoms with E-state index in [0.717, 1.165) is 0 Å². The highest BCUT2D eigenvalue weighted by Gasteiger charge is 2.21. The molecule has 0 spiro atoms. The molecule has 0 saturated heterocycles. The third kappa shape index (κ3) is 3.11. The minimum Gasteiger partial charge on any atom is -0.465 e. The molecule has 21 heavy (non-hydrogen) atoms. The standard InChI is InChI=1S/C11H12N4O5S/c1-6-13-11(20-14-6)15-21(17,18)9-4-3-7(5-8(9)12)10(16)19-2/h3-5H,12H2,1-2H3,(H,13,14,15). The number of ether oxygens (including phenoxy) is 1. The molecule has 0 radical (unpaired) electrons. The molecule has 0 aliphatic heterocycles. The number of aromatic nitrogens is 2. The number of carbonyl (C=O) groups excluding carboxylic acids is 1. The second kappa shape index (κ2) is 5.40. The maximum absolute atomic E-state index is 12.1. The lowest BCUT2D eigenvalue weighted by molar-refractivity contribution is 0.0600. The fourth-order valence-electron chi connectivity index (χ4n) is 1.55. The van der Waals surface area contributed by atoms with Crippen LogP contribution in [0.15, 0.2) is 27.6 Å². The molecule has 9 nitrogen and oxygen atoms in total. The van der Waals surface area contributed by atoms with Crippen LogP contribution in [0.25, 0.3) is 0 Å². The number of benzene rings is 1. The number of carbonyl (C=O) groups is 1. The number of nitrogens with zero attached hydrogens (tertiary/aromatic N) is 2. The van der Waals surface area contributed by atoms with Gasteiger partial charge in [-0.3, -0.25) is 0 Å². The molecule has 0 atom stereocenters. The van der Waals surface area contributed by atoms with Crippen molar-refractivity contribution in [3.8, 4) is 0 Å². The molecule has 1 aromatic heterocycles. The maximum Gasteiger partial charge on any atom is 0.337 e. The van der Waals surface area contributed by atoms with E-state index in [9.17, 15) is 13.2 Å². The van der Waals surface area contributed by atoms with Crippen molar-refractivity contribution in [2.24, 2.45) is 0 Å². The lowest BCUT2D eigenvalue weighted by Gasteiger charge is -2.08. The van der Waals surface area contributed by atoms with E-state index in [4.69, 9.17) is 5.73 Å². The van der Waals surface area contributed by atoms with E-state index in [1.54, 1.807) is 6.92 Å². The number of nitrogen functional groups attached to an aromatic ring is 1. The van der Waals surface area contributed by atoms with Gasteiger partial charge in [0.25, 0.3) is 10.0 Å². The molecule has 0 amide bonds. The maximum atomic E-state index is 12.1. The van der Waals surface area contributed by atoms with Crippen LogP contribution >= 0.6 is 0 Å². The number of nitrogens with two attached hydrogens (primary N) is 1. The summed E-state index contributed by atoms with van der Waals surface area (Å²) in [5.74, 6) is -0.340. The van der Waals surface area contributed by atoms with Gasteiger partial charge >= 0.3 is 12.0 Å². The zero-order valence-electron chi connectivity index (χ0n) is 11.2. The van der Waals surface area contributed by atoms with Gasteiger partial charge in [0, 0.05) is 0 Å². The van der Waals surface area contributed by atoms with E-state index in [2.05, 4.69) is 24.1 Å². The number of aryl methyl sites for hydroxylation is 1. The molecule has 10 heteroatoms. The smallest absolute Gasteiger partial charge is 0.337 e. The lowest BCUT2D eigenvalue weighted by Crippen LogP contribution is -2.15. The van der Waals surface area contributed by atoms with Gasteiger partial charge in [0.1, 0.15) is 4.90 Å². The topological polar surface area (TPSA) is 137 Å². The van der Waals surface area contributed by atoms with Gasteiger partial charge < -0.3 is 15.0 Å². The zero-order valence-corrected chi connectivity index (χ0v) is 12.0. The van der Waals surface area contributed by atoms with Gasteiger partial charge in [0.05, 0.1) is 18.4 Å². The highest BCUT2D eigenvalue weighted by molar-refractivity contribution is 7.92. The number of hydrogen-bond donors (Lipinski definition) is 2. The Morgan fingerprint density at radius 1 is 1.43 bits per heavy atom. The van der Waals surface area contributed by atoms with Crippen molar-refractivity contribution in [1.82, 2.24) is 10.1 Å². The van der Waals surface area contributed by atoms with Gasteiger partial charge in [-0.25, -0.2) is 17.9 Å². The first-order chi connectivity index (χ1) is 9.83. The molecule has 2 rings (SSSR count). The Balaban J connectivity index is 2.34. The van der Waals surface area contributed by atoms with Gasteiger partial charge in [0.15, 0.2) is 5.82 Å². The molecule has 2 aromatic rings. The second-order valence-electron chi connectivity index (χ2n) is 4.00. The molecule has 0 unspecified atom stereocenters. The lowest BCUT2D eigenvalue weighted by atomic mass is 10.2. The molecule has 1 aromatic carbocycles. The number of anilines is 2. The van der Waals surface area contributed by atoms with Crippen LogP contribution in [0.2, 0.25) is 0 Å². The van der Waals surface area contributed by atoms with Crippen molar-refractivity contribution in [2.45, 2.75) is 11.8 Å². The van der Waals surface area contributed by atoms with Crippen LogP contribution in [-0.2, 0) is 14.8 Å². The van der Waals surface area contributed by atoms with Crippen molar-refractivity contribution in [2.75, 3.05) is 17.6 Å². The van der Waals surface area contributed by atoms with Crippen LogP contribution in [0.1, 0.15) is 16.2 Å². The van der Waals surface area contributed by atoms with E-state index in [1.807, 2.05) is 0 Å². The van der Waals surface area contributed by atoms with Gasteiger partial charge in [-0.15, -0.1) is 0 Å². The summed E-state index contributed by atoms with van der Waals surface area (Å²) in [6.45, 7) is 1.54. The number of methoxy groups -OCH3 is 1. The largest absolute Gasteiger partial charge is 0.465 e. The minimum atomic E-state index is -4.00. The fraction of sp³-hybridized carbons (Fsp3) is 0.182. The van der Waals surface area contributed by atoms with Crippen LogP contribution in [0.5, 0.6) is 0 Å². The Bertz CT molecular complexity index is 784. The Labute approximate surface area is 120 Å². The third-order valence-corrected chi connectivity index (χ3v) is 3.86. The summed E-state index contributed by atoms with van der Waals surface area (Å²) in [5, 5.41) is 3.46. The summed E-state index contributed by atoms with van der Waals surface area (Å²) in [5.41, 5.74) is 5.70. The molecule has 0 fully saturated rings. The quantitative estimate of drug-likeness (QED) is 0.616. The molecule has 0 bridgehead atoms. The van der Waals surface area contributed by atoms with Crippen molar-refractivity contribution in [1.29, 1.82) is 0 Å². The Hall–Kier alpha value is -2.62. The Morgan fingerprint density at radius 2 is 2.14 bits per heavy atom. The predicted molar refractivity (Wildman–Crippen MR) is 72.0 cm³/mol. The van der Waals surface area contributed by atoms with E-state index < -0.39 is 16.0 Å². The summed E-state index contributed by atoms with van der Waals surface area (Å²) in [7, 11) is -2.79.